The van der Waals surface area contributed by atoms with Gasteiger partial charge in [0, 0.05) is 19.1 Å². The Morgan fingerprint density at radius 1 is 1.29 bits per heavy atom. The molecular formula is C17H22F2N2O3. The molecule has 2 aliphatic rings. The van der Waals surface area contributed by atoms with E-state index in [-0.39, 0.29) is 24.3 Å². The molecule has 1 saturated heterocycles. The number of hydrogen-bond acceptors (Lipinski definition) is 4. The smallest absolute Gasteiger partial charge is 0.387 e. The fourth-order valence-corrected chi connectivity index (χ4v) is 2.88. The molecule has 7 heteroatoms. The lowest BCUT2D eigenvalue weighted by Gasteiger charge is -2.22. The summed E-state index contributed by atoms with van der Waals surface area (Å²) in [5.74, 6) is 0.665. The van der Waals surface area contributed by atoms with Crippen molar-refractivity contribution in [3.63, 3.8) is 0 Å². The van der Waals surface area contributed by atoms with E-state index in [0.717, 1.165) is 6.42 Å². The molecule has 3 rings (SSSR count). The first-order valence-electron chi connectivity index (χ1n) is 8.27. The van der Waals surface area contributed by atoms with Crippen LogP contribution in [0.2, 0.25) is 0 Å². The lowest BCUT2D eigenvalue weighted by atomic mass is 10.2. The van der Waals surface area contributed by atoms with Crippen LogP contribution in [-0.2, 0) is 9.53 Å². The van der Waals surface area contributed by atoms with Crippen LogP contribution in [0.5, 0.6) is 5.75 Å². The number of nitrogens with zero attached hydrogens (tertiary/aromatic N) is 1. The van der Waals surface area contributed by atoms with E-state index in [2.05, 4.69) is 10.1 Å². The summed E-state index contributed by atoms with van der Waals surface area (Å²) in [5.41, 5.74) is 0.625. The molecule has 1 aliphatic carbocycles. The number of anilines is 1. The van der Waals surface area contributed by atoms with Gasteiger partial charge in [0.25, 0.3) is 0 Å². The molecule has 1 heterocycles. The number of benzene rings is 1. The van der Waals surface area contributed by atoms with Gasteiger partial charge in [-0.15, -0.1) is 0 Å². The molecule has 0 aromatic heterocycles. The Labute approximate surface area is 139 Å². The van der Waals surface area contributed by atoms with Gasteiger partial charge in [0.05, 0.1) is 12.3 Å². The third kappa shape index (κ3) is 4.80. The van der Waals surface area contributed by atoms with Crippen molar-refractivity contribution in [1.82, 2.24) is 5.32 Å². The molecule has 24 heavy (non-hydrogen) atoms. The summed E-state index contributed by atoms with van der Waals surface area (Å²) in [7, 11) is 0. The Kier molecular flexibility index (Phi) is 5.50. The minimum atomic E-state index is -2.85. The third-order valence-electron chi connectivity index (χ3n) is 4.26. The molecular weight excluding hydrogens is 318 g/mol. The van der Waals surface area contributed by atoms with Crippen molar-refractivity contribution in [2.24, 2.45) is 5.92 Å². The molecule has 1 saturated carbocycles. The first-order chi connectivity index (χ1) is 11.6. The number of para-hydroxylation sites is 2. The molecule has 0 unspecified atom stereocenters. The van der Waals surface area contributed by atoms with E-state index in [1.807, 2.05) is 4.90 Å². The molecule has 132 valence electrons. The van der Waals surface area contributed by atoms with Crippen LogP contribution in [-0.4, -0.2) is 44.9 Å². The van der Waals surface area contributed by atoms with Gasteiger partial charge in [-0.3, -0.25) is 4.79 Å². The van der Waals surface area contributed by atoms with Crippen molar-refractivity contribution in [2.75, 3.05) is 31.2 Å². The predicted molar refractivity (Wildman–Crippen MR) is 85.4 cm³/mol. The van der Waals surface area contributed by atoms with E-state index in [0.29, 0.717) is 31.3 Å². The summed E-state index contributed by atoms with van der Waals surface area (Å²) in [6, 6.07) is 6.71. The Bertz CT molecular complexity index is 567. The van der Waals surface area contributed by atoms with Crippen molar-refractivity contribution >= 4 is 11.6 Å². The van der Waals surface area contributed by atoms with E-state index in [4.69, 9.17) is 4.74 Å². The predicted octanol–water partition coefficient (Wildman–Crippen LogP) is 2.41. The number of carbonyl (C=O) groups is 1. The number of carbonyl (C=O) groups excluding carboxylic acids is 1. The minimum Gasteiger partial charge on any atom is -0.433 e. The van der Waals surface area contributed by atoms with E-state index < -0.39 is 6.61 Å². The number of ether oxygens (including phenoxy) is 2. The highest BCUT2D eigenvalue weighted by Crippen LogP contribution is 2.32. The molecule has 5 nitrogen and oxygen atoms in total. The zero-order chi connectivity index (χ0) is 16.9. The number of nitrogens with one attached hydrogen (secondary N) is 1. The average molecular weight is 340 g/mol. The zero-order valence-electron chi connectivity index (χ0n) is 13.4. The fourth-order valence-electron chi connectivity index (χ4n) is 2.88. The van der Waals surface area contributed by atoms with Crippen molar-refractivity contribution in [3.8, 4) is 5.75 Å². The highest BCUT2D eigenvalue weighted by molar-refractivity contribution is 5.77. The van der Waals surface area contributed by atoms with Gasteiger partial charge in [-0.05, 0) is 37.3 Å². The van der Waals surface area contributed by atoms with Gasteiger partial charge in [-0.25, -0.2) is 0 Å². The van der Waals surface area contributed by atoms with Crippen LogP contribution in [0.3, 0.4) is 0 Å². The fraction of sp³-hybridized carbons (Fsp3) is 0.588. The Morgan fingerprint density at radius 2 is 2.08 bits per heavy atom. The maximum absolute atomic E-state index is 12.5. The number of hydrogen-bond donors (Lipinski definition) is 1. The summed E-state index contributed by atoms with van der Waals surface area (Å²) in [4.78, 5) is 13.8. The van der Waals surface area contributed by atoms with Gasteiger partial charge in [0.1, 0.15) is 12.4 Å². The topological polar surface area (TPSA) is 50.8 Å². The van der Waals surface area contributed by atoms with E-state index in [9.17, 15) is 13.6 Å². The number of alkyl halides is 2. The van der Waals surface area contributed by atoms with Crippen LogP contribution >= 0.6 is 0 Å². The maximum Gasteiger partial charge on any atom is 0.387 e. The molecule has 0 radical (unpaired) electrons. The van der Waals surface area contributed by atoms with Crippen molar-refractivity contribution in [2.45, 2.75) is 31.9 Å². The summed E-state index contributed by atoms with van der Waals surface area (Å²) in [6.45, 7) is -0.872. The van der Waals surface area contributed by atoms with Crippen molar-refractivity contribution in [3.05, 3.63) is 24.3 Å². The summed E-state index contributed by atoms with van der Waals surface area (Å²) in [5, 5.41) is 2.94. The van der Waals surface area contributed by atoms with Crippen LogP contribution in [0, 0.1) is 5.92 Å². The molecule has 1 aromatic carbocycles. The van der Waals surface area contributed by atoms with Gasteiger partial charge in [0.15, 0.2) is 0 Å². The highest BCUT2D eigenvalue weighted by Gasteiger charge is 2.27. The average Bonchev–Trinajstić information content (AvgIpc) is 3.25. The molecule has 1 N–H and O–H groups in total. The SMILES string of the molecule is O=C(COCC1CC1)N[C@@H]1CCN(c2ccccc2OC(F)F)C1. The first-order valence-corrected chi connectivity index (χ1v) is 8.27. The second-order valence-electron chi connectivity index (χ2n) is 6.30. The molecule has 0 bridgehead atoms. The number of amides is 1. The lowest BCUT2D eigenvalue weighted by molar-refractivity contribution is -0.126. The normalized spacial score (nSPS) is 20.5. The maximum atomic E-state index is 12.5. The second-order valence-corrected chi connectivity index (χ2v) is 6.30. The van der Waals surface area contributed by atoms with Crippen LogP contribution < -0.4 is 15.0 Å². The zero-order valence-corrected chi connectivity index (χ0v) is 13.4. The lowest BCUT2D eigenvalue weighted by Crippen LogP contribution is -2.39. The largest absolute Gasteiger partial charge is 0.433 e. The molecule has 1 aliphatic heterocycles. The molecule has 2 fully saturated rings. The van der Waals surface area contributed by atoms with Crippen LogP contribution in [0.15, 0.2) is 24.3 Å². The molecule has 1 aromatic rings. The Morgan fingerprint density at radius 3 is 2.83 bits per heavy atom. The molecule has 1 atom stereocenters. The molecule has 0 spiro atoms. The van der Waals surface area contributed by atoms with Gasteiger partial charge in [-0.1, -0.05) is 12.1 Å². The highest BCUT2D eigenvalue weighted by atomic mass is 19.3. The molecule has 1 amide bonds. The quantitative estimate of drug-likeness (QED) is 0.790. The van der Waals surface area contributed by atoms with Crippen LogP contribution in [0.1, 0.15) is 19.3 Å². The van der Waals surface area contributed by atoms with E-state index in [1.54, 1.807) is 18.2 Å². The van der Waals surface area contributed by atoms with Crippen LogP contribution in [0.4, 0.5) is 14.5 Å². The standard InChI is InChI=1S/C17H22F2N2O3/c18-17(19)24-15-4-2-1-3-14(15)21-8-7-13(9-21)20-16(22)11-23-10-12-5-6-12/h1-4,12-13,17H,5-11H2,(H,20,22)/t13-/m1/s1. The third-order valence-corrected chi connectivity index (χ3v) is 4.26. The summed E-state index contributed by atoms with van der Waals surface area (Å²) >= 11 is 0. The Hall–Kier alpha value is -1.89. The number of rotatable bonds is 8. The van der Waals surface area contributed by atoms with Gasteiger partial charge in [0.2, 0.25) is 5.91 Å². The van der Waals surface area contributed by atoms with Crippen molar-refractivity contribution < 1.29 is 23.0 Å². The summed E-state index contributed by atoms with van der Waals surface area (Å²) in [6.07, 6.45) is 3.15. The monoisotopic (exact) mass is 340 g/mol. The van der Waals surface area contributed by atoms with Gasteiger partial charge < -0.3 is 19.7 Å². The number of halogens is 2. The minimum absolute atomic E-state index is 0.0124. The van der Waals surface area contributed by atoms with Gasteiger partial charge in [-0.2, -0.15) is 8.78 Å². The van der Waals surface area contributed by atoms with Gasteiger partial charge >= 0.3 is 6.61 Å². The van der Waals surface area contributed by atoms with E-state index >= 15 is 0 Å². The second kappa shape index (κ2) is 7.79. The van der Waals surface area contributed by atoms with Crippen LogP contribution in [0.25, 0.3) is 0 Å². The summed E-state index contributed by atoms with van der Waals surface area (Å²) < 4.78 is 35.0. The Balaban J connectivity index is 1.48. The van der Waals surface area contributed by atoms with E-state index in [1.165, 1.54) is 18.9 Å². The van der Waals surface area contributed by atoms with Crippen molar-refractivity contribution in [1.29, 1.82) is 0 Å². The first kappa shape index (κ1) is 17.0.